The zero-order valence-corrected chi connectivity index (χ0v) is 14.9. The molecule has 128 valence electrons. The van der Waals surface area contributed by atoms with Crippen molar-refractivity contribution in [1.82, 2.24) is 4.90 Å². The van der Waals surface area contributed by atoms with E-state index in [1.807, 2.05) is 11.0 Å². The van der Waals surface area contributed by atoms with E-state index >= 15 is 0 Å². The van der Waals surface area contributed by atoms with Gasteiger partial charge in [-0.2, -0.15) is 0 Å². The fourth-order valence-electron chi connectivity index (χ4n) is 3.22. The van der Waals surface area contributed by atoms with Gasteiger partial charge in [-0.05, 0) is 37.0 Å². The maximum Gasteiger partial charge on any atom is 0.227 e. The highest BCUT2D eigenvalue weighted by atomic mass is 32.2. The van der Waals surface area contributed by atoms with Crippen molar-refractivity contribution in [2.24, 2.45) is 0 Å². The molecule has 0 spiro atoms. The lowest BCUT2D eigenvalue weighted by molar-refractivity contribution is -0.132. The van der Waals surface area contributed by atoms with E-state index in [0.717, 1.165) is 31.4 Å². The molecule has 1 heterocycles. The first-order chi connectivity index (χ1) is 11.0. The van der Waals surface area contributed by atoms with Crippen LogP contribution in [0.3, 0.4) is 0 Å². The van der Waals surface area contributed by atoms with Gasteiger partial charge in [0.05, 0.1) is 17.1 Å². The third kappa shape index (κ3) is 4.56. The normalized spacial score (nSPS) is 19.4. The number of sulfone groups is 1. The van der Waals surface area contributed by atoms with Crippen LogP contribution < -0.4 is 0 Å². The van der Waals surface area contributed by atoms with Gasteiger partial charge in [-0.1, -0.05) is 38.8 Å². The summed E-state index contributed by atoms with van der Waals surface area (Å²) in [7, 11) is -3.23. The number of likely N-dealkylation sites (tertiary alicyclic amines) is 1. The Kier molecular flexibility index (Phi) is 6.22. The maximum absolute atomic E-state index is 12.7. The van der Waals surface area contributed by atoms with Crippen molar-refractivity contribution in [1.29, 1.82) is 0 Å². The second-order valence-electron chi connectivity index (χ2n) is 6.23. The Balaban J connectivity index is 2.14. The monoisotopic (exact) mass is 337 g/mol. The number of amides is 1. The van der Waals surface area contributed by atoms with E-state index in [1.165, 1.54) is 12.8 Å². The van der Waals surface area contributed by atoms with E-state index < -0.39 is 9.84 Å². The van der Waals surface area contributed by atoms with Gasteiger partial charge in [0.1, 0.15) is 0 Å². The molecule has 4 nitrogen and oxygen atoms in total. The molecule has 23 heavy (non-hydrogen) atoms. The molecule has 0 N–H and O–H groups in total. The van der Waals surface area contributed by atoms with Gasteiger partial charge in [0.2, 0.25) is 5.91 Å². The lowest BCUT2D eigenvalue weighted by Gasteiger charge is -2.29. The molecule has 1 aliphatic rings. The van der Waals surface area contributed by atoms with Crippen LogP contribution in [0.2, 0.25) is 0 Å². The number of hydrogen-bond acceptors (Lipinski definition) is 3. The fourth-order valence-corrected chi connectivity index (χ4v) is 4.17. The Hall–Kier alpha value is -1.36. The van der Waals surface area contributed by atoms with Crippen molar-refractivity contribution in [2.45, 2.75) is 63.3 Å². The predicted octanol–water partition coefficient (Wildman–Crippen LogP) is 3.20. The average molecular weight is 337 g/mol. The molecule has 5 heteroatoms. The van der Waals surface area contributed by atoms with E-state index in [4.69, 9.17) is 0 Å². The molecule has 0 aliphatic carbocycles. The predicted molar refractivity (Wildman–Crippen MR) is 92.1 cm³/mol. The number of carbonyl (C=O) groups is 1. The summed E-state index contributed by atoms with van der Waals surface area (Å²) >= 11 is 0. The van der Waals surface area contributed by atoms with Crippen LogP contribution in [0.15, 0.2) is 29.2 Å². The van der Waals surface area contributed by atoms with E-state index in [9.17, 15) is 13.2 Å². The van der Waals surface area contributed by atoms with Gasteiger partial charge in [-0.3, -0.25) is 4.79 Å². The van der Waals surface area contributed by atoms with Gasteiger partial charge in [-0.25, -0.2) is 8.42 Å². The van der Waals surface area contributed by atoms with Crippen LogP contribution in [-0.2, 0) is 21.1 Å². The number of nitrogens with zero attached hydrogens (tertiary/aromatic N) is 1. The second-order valence-corrected chi connectivity index (χ2v) is 8.50. The smallest absolute Gasteiger partial charge is 0.227 e. The van der Waals surface area contributed by atoms with Crippen LogP contribution in [0.5, 0.6) is 0 Å². The van der Waals surface area contributed by atoms with Crippen molar-refractivity contribution in [3.05, 3.63) is 29.8 Å². The summed E-state index contributed by atoms with van der Waals surface area (Å²) in [6.07, 6.45) is 5.77. The largest absolute Gasteiger partial charge is 0.339 e. The molecule has 0 bridgehead atoms. The van der Waals surface area contributed by atoms with Crippen molar-refractivity contribution in [3.63, 3.8) is 0 Å². The quantitative estimate of drug-likeness (QED) is 0.829. The molecule has 0 radical (unpaired) electrons. The Bertz CT molecular complexity index is 639. The van der Waals surface area contributed by atoms with Crippen LogP contribution in [-0.4, -0.2) is 37.6 Å². The zero-order valence-electron chi connectivity index (χ0n) is 14.1. The molecule has 1 fully saturated rings. The minimum atomic E-state index is -3.23. The van der Waals surface area contributed by atoms with Crippen molar-refractivity contribution in [3.8, 4) is 0 Å². The molecule has 2 rings (SSSR count). The second kappa shape index (κ2) is 7.95. The average Bonchev–Trinajstić information content (AvgIpc) is 2.80. The summed E-state index contributed by atoms with van der Waals surface area (Å²) in [5, 5.41) is 0. The van der Waals surface area contributed by atoms with E-state index in [1.54, 1.807) is 25.1 Å². The lowest BCUT2D eigenvalue weighted by Crippen LogP contribution is -2.40. The molecule has 1 aromatic carbocycles. The zero-order chi connectivity index (χ0) is 16.9. The highest BCUT2D eigenvalue weighted by molar-refractivity contribution is 7.91. The standard InChI is InChI=1S/C18H27NO3S/c1-3-16-10-6-5-7-12-19(16)18(20)14-15-9-8-11-17(13-15)23(21,22)4-2/h8-9,11,13,16H,3-7,10,12,14H2,1-2H3. The number of carbonyl (C=O) groups excluding carboxylic acids is 1. The van der Waals surface area contributed by atoms with Gasteiger partial charge in [0.15, 0.2) is 9.84 Å². The molecule has 1 aromatic rings. The lowest BCUT2D eigenvalue weighted by atomic mass is 10.1. The number of rotatable bonds is 5. The summed E-state index contributed by atoms with van der Waals surface area (Å²) in [5.41, 5.74) is 0.781. The third-order valence-corrected chi connectivity index (χ3v) is 6.39. The van der Waals surface area contributed by atoms with Crippen molar-refractivity contribution < 1.29 is 13.2 Å². The maximum atomic E-state index is 12.7. The molecule has 0 aromatic heterocycles. The minimum absolute atomic E-state index is 0.0778. The van der Waals surface area contributed by atoms with E-state index in [-0.39, 0.29) is 18.1 Å². The Morgan fingerprint density at radius 1 is 1.22 bits per heavy atom. The molecule has 0 saturated carbocycles. The van der Waals surface area contributed by atoms with Crippen LogP contribution in [0.1, 0.15) is 51.5 Å². The SMILES string of the molecule is CCC1CCCCCN1C(=O)Cc1cccc(S(=O)(=O)CC)c1. The first-order valence-corrected chi connectivity index (χ1v) is 10.2. The van der Waals surface area contributed by atoms with Crippen LogP contribution in [0.25, 0.3) is 0 Å². The first-order valence-electron chi connectivity index (χ1n) is 8.59. The van der Waals surface area contributed by atoms with Crippen LogP contribution in [0, 0.1) is 0 Å². The Morgan fingerprint density at radius 2 is 2.00 bits per heavy atom. The third-order valence-electron chi connectivity index (χ3n) is 4.66. The Labute approximate surface area is 139 Å². The molecule has 1 atom stereocenters. The van der Waals surface area contributed by atoms with Gasteiger partial charge in [0.25, 0.3) is 0 Å². The first kappa shape index (κ1) is 18.0. The van der Waals surface area contributed by atoms with Crippen molar-refractivity contribution in [2.75, 3.05) is 12.3 Å². The van der Waals surface area contributed by atoms with Gasteiger partial charge < -0.3 is 4.90 Å². The van der Waals surface area contributed by atoms with E-state index in [2.05, 4.69) is 6.92 Å². The highest BCUT2D eigenvalue weighted by Gasteiger charge is 2.24. The summed E-state index contributed by atoms with van der Waals surface area (Å²) < 4.78 is 24.0. The number of hydrogen-bond donors (Lipinski definition) is 0. The molecule has 1 unspecified atom stereocenters. The topological polar surface area (TPSA) is 54.5 Å². The van der Waals surface area contributed by atoms with Crippen LogP contribution >= 0.6 is 0 Å². The van der Waals surface area contributed by atoms with Crippen molar-refractivity contribution >= 4 is 15.7 Å². The summed E-state index contributed by atoms with van der Waals surface area (Å²) in [5.74, 6) is 0.193. The minimum Gasteiger partial charge on any atom is -0.339 e. The Morgan fingerprint density at radius 3 is 2.70 bits per heavy atom. The van der Waals surface area contributed by atoms with Gasteiger partial charge in [-0.15, -0.1) is 0 Å². The molecular formula is C18H27NO3S. The van der Waals surface area contributed by atoms with E-state index in [0.29, 0.717) is 10.9 Å². The molecule has 1 aliphatic heterocycles. The summed E-state index contributed by atoms with van der Waals surface area (Å²) in [6, 6.07) is 7.15. The number of benzene rings is 1. The molecule has 1 amide bonds. The van der Waals surface area contributed by atoms with Crippen LogP contribution in [0.4, 0.5) is 0 Å². The van der Waals surface area contributed by atoms with Gasteiger partial charge in [0, 0.05) is 12.6 Å². The fraction of sp³-hybridized carbons (Fsp3) is 0.611. The molecule has 1 saturated heterocycles. The van der Waals surface area contributed by atoms with Gasteiger partial charge >= 0.3 is 0 Å². The summed E-state index contributed by atoms with van der Waals surface area (Å²) in [6.45, 7) is 4.59. The highest BCUT2D eigenvalue weighted by Crippen LogP contribution is 2.21. The molecular weight excluding hydrogens is 310 g/mol. The summed E-state index contributed by atoms with van der Waals surface area (Å²) in [4.78, 5) is 15.0.